The van der Waals surface area contributed by atoms with Crippen LogP contribution in [0.4, 0.5) is 10.2 Å². The first-order valence-corrected chi connectivity index (χ1v) is 6.44. The van der Waals surface area contributed by atoms with Gasteiger partial charge in [0.25, 0.3) is 0 Å². The number of nitrogens with two attached hydrogens (primary N) is 1. The van der Waals surface area contributed by atoms with Crippen molar-refractivity contribution in [3.05, 3.63) is 39.3 Å². The second-order valence-electron chi connectivity index (χ2n) is 3.89. The van der Waals surface area contributed by atoms with Gasteiger partial charge in [0.15, 0.2) is 11.6 Å². The molecule has 0 spiro atoms. The third-order valence-corrected chi connectivity index (χ3v) is 3.64. The van der Waals surface area contributed by atoms with Crippen LogP contribution in [0.15, 0.2) is 24.4 Å². The molecule has 1 aromatic carbocycles. The smallest absolute Gasteiger partial charge is 0.165 e. The molecule has 2 aromatic rings. The maximum absolute atomic E-state index is 13.6. The van der Waals surface area contributed by atoms with Gasteiger partial charge in [-0.05, 0) is 47.2 Å². The number of halogens is 2. The molecule has 1 unspecified atom stereocenters. The molecule has 0 saturated carbocycles. The number of benzene rings is 1. The fraction of sp³-hybridized carbons (Fsp3) is 0.250. The Morgan fingerprint density at radius 1 is 1.50 bits per heavy atom. The van der Waals surface area contributed by atoms with E-state index in [1.54, 1.807) is 23.0 Å². The number of hydrogen-bond donors (Lipinski definition) is 1. The van der Waals surface area contributed by atoms with E-state index in [1.807, 2.05) is 6.92 Å². The van der Waals surface area contributed by atoms with Crippen LogP contribution in [0.1, 0.15) is 18.5 Å². The highest BCUT2D eigenvalue weighted by Gasteiger charge is 2.15. The zero-order valence-electron chi connectivity index (χ0n) is 10.0. The van der Waals surface area contributed by atoms with Gasteiger partial charge < -0.3 is 10.5 Å². The van der Waals surface area contributed by atoms with Gasteiger partial charge in [0.05, 0.1) is 22.9 Å². The lowest BCUT2D eigenvalue weighted by Gasteiger charge is -2.15. The summed E-state index contributed by atoms with van der Waals surface area (Å²) in [4.78, 5) is 0. The van der Waals surface area contributed by atoms with E-state index < -0.39 is 0 Å². The lowest BCUT2D eigenvalue weighted by molar-refractivity contribution is 0.385. The van der Waals surface area contributed by atoms with Gasteiger partial charge in [-0.2, -0.15) is 5.10 Å². The van der Waals surface area contributed by atoms with Gasteiger partial charge in [-0.3, -0.25) is 0 Å². The Kier molecular flexibility index (Phi) is 3.74. The highest BCUT2D eigenvalue weighted by molar-refractivity contribution is 14.1. The van der Waals surface area contributed by atoms with Crippen molar-refractivity contribution in [2.75, 3.05) is 12.8 Å². The van der Waals surface area contributed by atoms with Crippen LogP contribution in [-0.4, -0.2) is 16.9 Å². The number of aromatic nitrogens is 2. The number of ether oxygens (including phenoxy) is 1. The van der Waals surface area contributed by atoms with Crippen LogP contribution in [-0.2, 0) is 0 Å². The Morgan fingerprint density at radius 3 is 2.72 bits per heavy atom. The van der Waals surface area contributed by atoms with Gasteiger partial charge in [-0.25, -0.2) is 9.07 Å². The molecule has 4 nitrogen and oxygen atoms in total. The number of nitrogen functional groups attached to an aromatic ring is 1. The SMILES string of the molecule is COc1ccc(C(C)n2ncc(I)c2N)cc1F. The highest BCUT2D eigenvalue weighted by atomic mass is 127. The first kappa shape index (κ1) is 13.1. The maximum atomic E-state index is 13.6. The topological polar surface area (TPSA) is 53.1 Å². The minimum absolute atomic E-state index is 0.131. The predicted molar refractivity (Wildman–Crippen MR) is 76.1 cm³/mol. The van der Waals surface area contributed by atoms with Crippen molar-refractivity contribution < 1.29 is 9.13 Å². The molecule has 2 rings (SSSR count). The minimum Gasteiger partial charge on any atom is -0.494 e. The molecule has 18 heavy (non-hydrogen) atoms. The minimum atomic E-state index is -0.387. The monoisotopic (exact) mass is 361 g/mol. The number of hydrogen-bond acceptors (Lipinski definition) is 3. The average molecular weight is 361 g/mol. The summed E-state index contributed by atoms with van der Waals surface area (Å²) in [5.41, 5.74) is 6.70. The summed E-state index contributed by atoms with van der Waals surface area (Å²) < 4.78 is 21.1. The van der Waals surface area contributed by atoms with Gasteiger partial charge >= 0.3 is 0 Å². The van der Waals surface area contributed by atoms with Crippen molar-refractivity contribution in [1.29, 1.82) is 0 Å². The van der Waals surface area contributed by atoms with Gasteiger partial charge in [0, 0.05) is 0 Å². The summed E-state index contributed by atoms with van der Waals surface area (Å²) in [6.45, 7) is 1.92. The normalized spacial score (nSPS) is 12.4. The standard InChI is InChI=1S/C12H13FIN3O/c1-7(17-12(15)10(14)6-16-17)8-3-4-11(18-2)9(13)5-8/h3-7H,15H2,1-2H3. The summed E-state index contributed by atoms with van der Waals surface area (Å²) in [6, 6.07) is 4.72. The van der Waals surface area contributed by atoms with E-state index in [9.17, 15) is 4.39 Å². The van der Waals surface area contributed by atoms with Crippen LogP contribution < -0.4 is 10.5 Å². The largest absolute Gasteiger partial charge is 0.494 e. The van der Waals surface area contributed by atoms with Gasteiger partial charge in [-0.15, -0.1) is 0 Å². The zero-order valence-corrected chi connectivity index (χ0v) is 12.2. The van der Waals surface area contributed by atoms with Crippen LogP contribution in [0.5, 0.6) is 5.75 Å². The average Bonchev–Trinajstić information content (AvgIpc) is 2.69. The number of nitrogens with zero attached hydrogens (tertiary/aromatic N) is 2. The summed E-state index contributed by atoms with van der Waals surface area (Å²) in [5, 5.41) is 4.19. The molecule has 0 bridgehead atoms. The van der Waals surface area contributed by atoms with Crippen LogP contribution in [0.3, 0.4) is 0 Å². The van der Waals surface area contributed by atoms with Crippen molar-refractivity contribution in [1.82, 2.24) is 9.78 Å². The van der Waals surface area contributed by atoms with Crippen LogP contribution in [0.2, 0.25) is 0 Å². The Morgan fingerprint density at radius 2 is 2.22 bits per heavy atom. The fourth-order valence-electron chi connectivity index (χ4n) is 1.74. The highest BCUT2D eigenvalue weighted by Crippen LogP contribution is 2.26. The summed E-state index contributed by atoms with van der Waals surface area (Å²) >= 11 is 2.11. The molecule has 96 valence electrons. The van der Waals surface area contributed by atoms with Gasteiger partial charge in [0.2, 0.25) is 0 Å². The molecule has 0 aliphatic rings. The van der Waals surface area contributed by atoms with Gasteiger partial charge in [-0.1, -0.05) is 6.07 Å². The van der Waals surface area contributed by atoms with Crippen molar-refractivity contribution in [2.45, 2.75) is 13.0 Å². The molecule has 0 aliphatic heterocycles. The third-order valence-electron chi connectivity index (χ3n) is 2.81. The van der Waals surface area contributed by atoms with Crippen LogP contribution in [0.25, 0.3) is 0 Å². The molecule has 1 aromatic heterocycles. The number of rotatable bonds is 3. The van der Waals surface area contributed by atoms with Crippen molar-refractivity contribution in [2.24, 2.45) is 0 Å². The van der Waals surface area contributed by atoms with Crippen LogP contribution in [0, 0.1) is 9.39 Å². The van der Waals surface area contributed by atoms with E-state index >= 15 is 0 Å². The number of anilines is 1. The zero-order chi connectivity index (χ0) is 13.3. The van der Waals surface area contributed by atoms with Crippen molar-refractivity contribution >= 4 is 28.4 Å². The summed E-state index contributed by atoms with van der Waals surface area (Å²) in [7, 11) is 1.44. The molecule has 1 heterocycles. The van der Waals surface area contributed by atoms with Crippen molar-refractivity contribution in [3.8, 4) is 5.75 Å². The lowest BCUT2D eigenvalue weighted by atomic mass is 10.1. The second-order valence-corrected chi connectivity index (χ2v) is 5.05. The maximum Gasteiger partial charge on any atom is 0.165 e. The molecule has 6 heteroatoms. The molecule has 1 atom stereocenters. The van der Waals surface area contributed by atoms with E-state index in [0.29, 0.717) is 5.82 Å². The van der Waals surface area contributed by atoms with Crippen LogP contribution >= 0.6 is 22.6 Å². The molecule has 0 radical (unpaired) electrons. The van der Waals surface area contributed by atoms with E-state index in [-0.39, 0.29) is 17.6 Å². The van der Waals surface area contributed by atoms with E-state index in [0.717, 1.165) is 9.13 Å². The molecule has 0 aliphatic carbocycles. The van der Waals surface area contributed by atoms with E-state index in [4.69, 9.17) is 10.5 Å². The quantitative estimate of drug-likeness (QED) is 0.856. The molecular weight excluding hydrogens is 348 g/mol. The predicted octanol–water partition coefficient (Wildman–Crippen LogP) is 2.83. The Bertz CT molecular complexity index is 570. The summed E-state index contributed by atoms with van der Waals surface area (Å²) in [6.07, 6.45) is 1.69. The lowest BCUT2D eigenvalue weighted by Crippen LogP contribution is -2.12. The first-order valence-electron chi connectivity index (χ1n) is 5.36. The molecular formula is C12H13FIN3O. The molecule has 0 saturated heterocycles. The molecule has 0 fully saturated rings. The third kappa shape index (κ3) is 2.29. The fourth-order valence-corrected chi connectivity index (χ4v) is 2.11. The first-order chi connectivity index (χ1) is 8.54. The molecule has 0 amide bonds. The molecule has 2 N–H and O–H groups in total. The van der Waals surface area contributed by atoms with E-state index in [1.165, 1.54) is 13.2 Å². The second kappa shape index (κ2) is 5.13. The Balaban J connectivity index is 2.37. The Labute approximate surface area is 118 Å². The Hall–Kier alpha value is -1.31. The van der Waals surface area contributed by atoms with Gasteiger partial charge in [0.1, 0.15) is 5.82 Å². The summed E-state index contributed by atoms with van der Waals surface area (Å²) in [5.74, 6) is 0.426. The number of methoxy groups -OCH3 is 1. The van der Waals surface area contributed by atoms with E-state index in [2.05, 4.69) is 27.7 Å². The van der Waals surface area contributed by atoms with Crippen molar-refractivity contribution in [3.63, 3.8) is 0 Å².